The number of hydrogen-bond acceptors (Lipinski definition) is 3. The van der Waals surface area contributed by atoms with Crippen molar-refractivity contribution in [2.45, 2.75) is 25.1 Å². The molecule has 1 aromatic heterocycles. The number of nitrogens with zero attached hydrogens (tertiary/aromatic N) is 1. The molecule has 2 heterocycles. The molecular weight excluding hydrogens is 264 g/mol. The molecule has 104 valence electrons. The SMILES string of the molecule is FC(F)C1CC(Oc2ccccn2)c2ccccc2O1. The molecular formula is C15H13F2NO2. The summed E-state index contributed by atoms with van der Waals surface area (Å²) in [5, 5.41) is 0. The zero-order valence-corrected chi connectivity index (χ0v) is 10.6. The van der Waals surface area contributed by atoms with E-state index in [1.54, 1.807) is 36.5 Å². The highest BCUT2D eigenvalue weighted by Crippen LogP contribution is 2.38. The van der Waals surface area contributed by atoms with Crippen LogP contribution in [0.3, 0.4) is 0 Å². The number of hydrogen-bond donors (Lipinski definition) is 0. The molecule has 1 aliphatic heterocycles. The number of fused-ring (bicyclic) bond motifs is 1. The van der Waals surface area contributed by atoms with Crippen LogP contribution in [0.1, 0.15) is 18.1 Å². The highest BCUT2D eigenvalue weighted by molar-refractivity contribution is 5.37. The first-order chi connectivity index (χ1) is 9.74. The van der Waals surface area contributed by atoms with Crippen LogP contribution in [0.5, 0.6) is 11.6 Å². The van der Waals surface area contributed by atoms with E-state index in [1.807, 2.05) is 12.1 Å². The highest BCUT2D eigenvalue weighted by atomic mass is 19.3. The van der Waals surface area contributed by atoms with Crippen LogP contribution < -0.4 is 9.47 Å². The van der Waals surface area contributed by atoms with Gasteiger partial charge in [-0.05, 0) is 12.1 Å². The monoisotopic (exact) mass is 277 g/mol. The second-order valence-electron chi connectivity index (χ2n) is 4.54. The van der Waals surface area contributed by atoms with Gasteiger partial charge in [0.25, 0.3) is 6.43 Å². The summed E-state index contributed by atoms with van der Waals surface area (Å²) in [7, 11) is 0. The van der Waals surface area contributed by atoms with E-state index in [2.05, 4.69) is 4.98 Å². The molecule has 1 aliphatic rings. The normalized spacial score (nSPS) is 21.1. The second-order valence-corrected chi connectivity index (χ2v) is 4.54. The van der Waals surface area contributed by atoms with Gasteiger partial charge in [-0.1, -0.05) is 24.3 Å². The van der Waals surface area contributed by atoms with E-state index in [1.165, 1.54) is 0 Å². The van der Waals surface area contributed by atoms with E-state index in [-0.39, 0.29) is 6.42 Å². The number of aromatic nitrogens is 1. The fourth-order valence-corrected chi connectivity index (χ4v) is 2.23. The first-order valence-corrected chi connectivity index (χ1v) is 6.35. The Bertz CT molecular complexity index is 577. The summed E-state index contributed by atoms with van der Waals surface area (Å²) < 4.78 is 36.9. The van der Waals surface area contributed by atoms with E-state index in [4.69, 9.17) is 9.47 Å². The topological polar surface area (TPSA) is 31.4 Å². The number of benzene rings is 1. The predicted molar refractivity (Wildman–Crippen MR) is 69.1 cm³/mol. The van der Waals surface area contributed by atoms with Crippen molar-refractivity contribution in [1.82, 2.24) is 4.98 Å². The lowest BCUT2D eigenvalue weighted by Crippen LogP contribution is -2.33. The zero-order valence-electron chi connectivity index (χ0n) is 10.6. The Morgan fingerprint density at radius 1 is 1.15 bits per heavy atom. The summed E-state index contributed by atoms with van der Waals surface area (Å²) in [6.07, 6.45) is -2.47. The van der Waals surface area contributed by atoms with Crippen LogP contribution in [-0.2, 0) is 0 Å². The van der Waals surface area contributed by atoms with Crippen molar-refractivity contribution in [2.75, 3.05) is 0 Å². The Morgan fingerprint density at radius 3 is 2.70 bits per heavy atom. The minimum Gasteiger partial charge on any atom is -0.484 e. The van der Waals surface area contributed by atoms with Crippen LogP contribution in [0.2, 0.25) is 0 Å². The maximum absolute atomic E-state index is 12.9. The summed E-state index contributed by atoms with van der Waals surface area (Å²) in [6, 6.07) is 12.4. The number of alkyl halides is 2. The summed E-state index contributed by atoms with van der Waals surface area (Å²) >= 11 is 0. The Hall–Kier alpha value is -2.17. The fourth-order valence-electron chi connectivity index (χ4n) is 2.23. The van der Waals surface area contributed by atoms with Crippen LogP contribution >= 0.6 is 0 Å². The third-order valence-corrected chi connectivity index (χ3v) is 3.17. The molecule has 2 aromatic rings. The van der Waals surface area contributed by atoms with Crippen LogP contribution in [-0.4, -0.2) is 17.5 Å². The maximum atomic E-state index is 12.9. The van der Waals surface area contributed by atoms with E-state index >= 15 is 0 Å². The second kappa shape index (κ2) is 5.45. The molecule has 5 heteroatoms. The van der Waals surface area contributed by atoms with E-state index in [9.17, 15) is 8.78 Å². The van der Waals surface area contributed by atoms with Crippen molar-refractivity contribution in [3.05, 3.63) is 54.2 Å². The van der Waals surface area contributed by atoms with Gasteiger partial charge in [0.15, 0.2) is 6.10 Å². The summed E-state index contributed by atoms with van der Waals surface area (Å²) in [5.74, 6) is 0.868. The van der Waals surface area contributed by atoms with E-state index in [0.717, 1.165) is 5.56 Å². The number of rotatable bonds is 3. The van der Waals surface area contributed by atoms with E-state index in [0.29, 0.717) is 11.6 Å². The van der Waals surface area contributed by atoms with Crippen LogP contribution in [0, 0.1) is 0 Å². The van der Waals surface area contributed by atoms with E-state index < -0.39 is 18.6 Å². The molecule has 0 radical (unpaired) electrons. The third kappa shape index (κ3) is 2.57. The third-order valence-electron chi connectivity index (χ3n) is 3.17. The van der Waals surface area contributed by atoms with Crippen LogP contribution in [0.25, 0.3) is 0 Å². The lowest BCUT2D eigenvalue weighted by Gasteiger charge is -2.31. The largest absolute Gasteiger partial charge is 0.484 e. The molecule has 0 bridgehead atoms. The smallest absolute Gasteiger partial charge is 0.274 e. The molecule has 0 N–H and O–H groups in total. The minimum atomic E-state index is -2.54. The van der Waals surface area contributed by atoms with Gasteiger partial charge in [-0.2, -0.15) is 0 Å². The van der Waals surface area contributed by atoms with Gasteiger partial charge in [0, 0.05) is 24.2 Å². The molecule has 1 aromatic carbocycles. The molecule has 0 fully saturated rings. The summed E-state index contributed by atoms with van der Waals surface area (Å²) in [4.78, 5) is 4.07. The average molecular weight is 277 g/mol. The first kappa shape index (κ1) is 12.8. The molecule has 2 atom stereocenters. The van der Waals surface area contributed by atoms with Crippen molar-refractivity contribution in [3.63, 3.8) is 0 Å². The molecule has 0 saturated heterocycles. The van der Waals surface area contributed by atoms with Crippen molar-refractivity contribution in [3.8, 4) is 11.6 Å². The highest BCUT2D eigenvalue weighted by Gasteiger charge is 2.34. The fraction of sp³-hybridized carbons (Fsp3) is 0.267. The van der Waals surface area contributed by atoms with Gasteiger partial charge >= 0.3 is 0 Å². The van der Waals surface area contributed by atoms with Gasteiger partial charge in [0.05, 0.1) is 0 Å². The van der Waals surface area contributed by atoms with Crippen molar-refractivity contribution in [2.24, 2.45) is 0 Å². The Balaban J connectivity index is 1.89. The average Bonchev–Trinajstić information content (AvgIpc) is 2.48. The van der Waals surface area contributed by atoms with Crippen molar-refractivity contribution >= 4 is 0 Å². The number of pyridine rings is 1. The lowest BCUT2D eigenvalue weighted by atomic mass is 9.99. The van der Waals surface area contributed by atoms with Crippen LogP contribution in [0.15, 0.2) is 48.7 Å². The predicted octanol–water partition coefficient (Wildman–Crippen LogP) is 3.62. The molecule has 3 nitrogen and oxygen atoms in total. The Morgan fingerprint density at radius 2 is 1.95 bits per heavy atom. The Labute approximate surface area is 115 Å². The molecule has 3 rings (SSSR count). The molecule has 0 spiro atoms. The number of halogens is 2. The molecule has 0 aliphatic carbocycles. The number of ether oxygens (including phenoxy) is 2. The maximum Gasteiger partial charge on any atom is 0.274 e. The summed E-state index contributed by atoms with van der Waals surface area (Å²) in [5.41, 5.74) is 0.773. The van der Waals surface area contributed by atoms with Gasteiger partial charge in [0.2, 0.25) is 5.88 Å². The quantitative estimate of drug-likeness (QED) is 0.858. The zero-order chi connectivity index (χ0) is 13.9. The standard InChI is InChI=1S/C15H13F2NO2/c16-15(17)13-9-12(20-14-7-3-4-8-18-14)10-5-1-2-6-11(10)19-13/h1-8,12-13,15H,9H2. The van der Waals surface area contributed by atoms with Gasteiger partial charge < -0.3 is 9.47 Å². The van der Waals surface area contributed by atoms with Gasteiger partial charge in [0.1, 0.15) is 11.9 Å². The van der Waals surface area contributed by atoms with Crippen molar-refractivity contribution < 1.29 is 18.3 Å². The number of para-hydroxylation sites is 1. The lowest BCUT2D eigenvalue weighted by molar-refractivity contribution is -0.0276. The summed E-state index contributed by atoms with van der Waals surface area (Å²) in [6.45, 7) is 0. The first-order valence-electron chi connectivity index (χ1n) is 6.35. The van der Waals surface area contributed by atoms with Crippen molar-refractivity contribution in [1.29, 1.82) is 0 Å². The molecule has 0 saturated carbocycles. The van der Waals surface area contributed by atoms with Gasteiger partial charge in [-0.15, -0.1) is 0 Å². The van der Waals surface area contributed by atoms with Gasteiger partial charge in [-0.3, -0.25) is 0 Å². The molecule has 0 amide bonds. The Kier molecular flexibility index (Phi) is 3.50. The minimum absolute atomic E-state index is 0.102. The van der Waals surface area contributed by atoms with Crippen LogP contribution in [0.4, 0.5) is 8.78 Å². The molecule has 2 unspecified atom stereocenters. The van der Waals surface area contributed by atoms with Gasteiger partial charge in [-0.25, -0.2) is 13.8 Å². The molecule has 20 heavy (non-hydrogen) atoms.